The zero-order valence-corrected chi connectivity index (χ0v) is 18.4. The van der Waals surface area contributed by atoms with Gasteiger partial charge in [0, 0.05) is 5.56 Å². The molecule has 2 heterocycles. The number of benzene rings is 2. The molecule has 2 aromatic carbocycles. The number of ether oxygens (including phenoxy) is 3. The molecule has 4 rings (SSSR count). The van der Waals surface area contributed by atoms with Crippen LogP contribution in [0.1, 0.15) is 48.9 Å². The second kappa shape index (κ2) is 8.40. The topological polar surface area (TPSA) is 48.0 Å². The lowest BCUT2D eigenvalue weighted by Gasteiger charge is -2.32. The summed E-state index contributed by atoms with van der Waals surface area (Å²) in [7, 11) is 0. The van der Waals surface area contributed by atoms with Crippen molar-refractivity contribution < 1.29 is 19.0 Å². The van der Waals surface area contributed by atoms with E-state index in [2.05, 4.69) is 19.9 Å². The number of fused-ring (bicyclic) bond motifs is 2. The van der Waals surface area contributed by atoms with Gasteiger partial charge in [-0.25, -0.2) is 0 Å². The van der Waals surface area contributed by atoms with Crippen LogP contribution in [0, 0.1) is 19.8 Å². The van der Waals surface area contributed by atoms with E-state index in [1.807, 2.05) is 49.1 Å². The van der Waals surface area contributed by atoms with Gasteiger partial charge < -0.3 is 19.1 Å². The highest BCUT2D eigenvalue weighted by molar-refractivity contribution is 6.07. The van der Waals surface area contributed by atoms with Crippen molar-refractivity contribution in [3.8, 4) is 5.75 Å². The van der Waals surface area contributed by atoms with Gasteiger partial charge in [0.25, 0.3) is 11.7 Å². The minimum Gasteiger partial charge on any atom is -0.494 e. The van der Waals surface area contributed by atoms with Crippen molar-refractivity contribution in [3.05, 3.63) is 58.7 Å². The minimum absolute atomic E-state index is 0.136. The third kappa shape index (κ3) is 3.84. The largest absolute Gasteiger partial charge is 0.494 e. The van der Waals surface area contributed by atoms with Gasteiger partial charge in [-0.3, -0.25) is 4.79 Å². The summed E-state index contributed by atoms with van der Waals surface area (Å²) in [6.45, 7) is 10.7. The summed E-state index contributed by atoms with van der Waals surface area (Å²) >= 11 is 0. The Morgan fingerprint density at radius 1 is 1.10 bits per heavy atom. The summed E-state index contributed by atoms with van der Waals surface area (Å²) in [5, 5.41) is 0. The Hall–Kier alpha value is -2.37. The van der Waals surface area contributed by atoms with Crippen LogP contribution in [0.3, 0.4) is 0 Å². The molecule has 2 aromatic rings. The Balaban J connectivity index is 1.58. The van der Waals surface area contributed by atoms with Gasteiger partial charge in [0.15, 0.2) is 0 Å². The van der Waals surface area contributed by atoms with E-state index < -0.39 is 5.79 Å². The van der Waals surface area contributed by atoms with Crippen LogP contribution in [0.2, 0.25) is 0 Å². The number of carbonyl (C=O) groups excluding carboxylic acids is 1. The Bertz CT molecular complexity index is 913. The smallest absolute Gasteiger partial charge is 0.292 e. The number of carbonyl (C=O) groups is 1. The van der Waals surface area contributed by atoms with Crippen molar-refractivity contribution in [2.75, 3.05) is 24.7 Å². The number of nitrogens with zero attached hydrogens (tertiary/aromatic N) is 1. The van der Waals surface area contributed by atoms with E-state index in [0.29, 0.717) is 32.3 Å². The predicted octanol–water partition coefficient (Wildman–Crippen LogP) is 4.86. The standard InChI is InChI=1S/C25H31NO4/c1-17(2)10-13-28-21-8-6-20(7-9-21)16-26-23-19(4)14-18(3)15-22(23)25(24(26)27)29-11-5-12-30-25/h6-9,14-15,17H,5,10-13,16H2,1-4H3. The minimum atomic E-state index is -1.30. The monoisotopic (exact) mass is 409 g/mol. The molecule has 2 aliphatic rings. The van der Waals surface area contributed by atoms with Crippen LogP contribution in [0.4, 0.5) is 5.69 Å². The quantitative estimate of drug-likeness (QED) is 0.683. The van der Waals surface area contributed by atoms with E-state index in [1.165, 1.54) is 0 Å². The van der Waals surface area contributed by atoms with Crippen LogP contribution in [0.25, 0.3) is 0 Å². The first-order valence-electron chi connectivity index (χ1n) is 10.8. The molecule has 0 aliphatic carbocycles. The molecule has 0 N–H and O–H groups in total. The van der Waals surface area contributed by atoms with E-state index in [0.717, 1.165) is 46.5 Å². The van der Waals surface area contributed by atoms with E-state index in [-0.39, 0.29) is 5.91 Å². The maximum Gasteiger partial charge on any atom is 0.292 e. The summed E-state index contributed by atoms with van der Waals surface area (Å²) < 4.78 is 17.8. The van der Waals surface area contributed by atoms with E-state index in [1.54, 1.807) is 0 Å². The molecule has 5 nitrogen and oxygen atoms in total. The molecular formula is C25H31NO4. The molecule has 0 radical (unpaired) electrons. The second-order valence-electron chi connectivity index (χ2n) is 8.71. The van der Waals surface area contributed by atoms with Gasteiger partial charge in [-0.15, -0.1) is 0 Å². The molecule has 2 aliphatic heterocycles. The summed E-state index contributed by atoms with van der Waals surface area (Å²) in [6.07, 6.45) is 1.83. The van der Waals surface area contributed by atoms with Gasteiger partial charge in [0.2, 0.25) is 0 Å². The third-order valence-electron chi connectivity index (χ3n) is 5.72. The van der Waals surface area contributed by atoms with Crippen molar-refractivity contribution in [3.63, 3.8) is 0 Å². The average Bonchev–Trinajstić information content (AvgIpc) is 2.92. The van der Waals surface area contributed by atoms with Crippen LogP contribution in [-0.2, 0) is 26.6 Å². The lowest BCUT2D eigenvalue weighted by molar-refractivity contribution is -0.256. The van der Waals surface area contributed by atoms with E-state index in [4.69, 9.17) is 14.2 Å². The number of hydrogen-bond donors (Lipinski definition) is 0. The fourth-order valence-corrected chi connectivity index (χ4v) is 4.21. The van der Waals surface area contributed by atoms with E-state index in [9.17, 15) is 4.79 Å². The Kier molecular flexibility index (Phi) is 5.85. The Labute approximate surface area is 178 Å². The van der Waals surface area contributed by atoms with Gasteiger partial charge in [-0.2, -0.15) is 0 Å². The summed E-state index contributed by atoms with van der Waals surface area (Å²) in [5.74, 6) is 0.0384. The molecular weight excluding hydrogens is 378 g/mol. The summed E-state index contributed by atoms with van der Waals surface area (Å²) in [5.41, 5.74) is 4.93. The van der Waals surface area contributed by atoms with Crippen molar-refractivity contribution in [1.29, 1.82) is 0 Å². The molecule has 1 spiro atoms. The van der Waals surface area contributed by atoms with Gasteiger partial charge in [0.1, 0.15) is 5.75 Å². The van der Waals surface area contributed by atoms with Crippen LogP contribution < -0.4 is 9.64 Å². The molecule has 0 bridgehead atoms. The average molecular weight is 410 g/mol. The first-order chi connectivity index (χ1) is 14.4. The molecule has 160 valence electrons. The SMILES string of the molecule is Cc1cc(C)c2c(c1)C1(OCCCO1)C(=O)N2Cc1ccc(OCCC(C)C)cc1. The maximum atomic E-state index is 13.5. The van der Waals surface area contributed by atoms with Gasteiger partial charge in [0.05, 0.1) is 32.1 Å². The highest BCUT2D eigenvalue weighted by atomic mass is 16.7. The molecule has 0 saturated carbocycles. The number of amides is 1. The zero-order valence-electron chi connectivity index (χ0n) is 18.4. The predicted molar refractivity (Wildman–Crippen MR) is 117 cm³/mol. The highest BCUT2D eigenvalue weighted by Crippen LogP contribution is 2.47. The first-order valence-corrected chi connectivity index (χ1v) is 10.8. The van der Waals surface area contributed by atoms with Crippen molar-refractivity contribution in [2.24, 2.45) is 5.92 Å². The van der Waals surface area contributed by atoms with Gasteiger partial charge >= 0.3 is 0 Å². The van der Waals surface area contributed by atoms with Crippen LogP contribution in [0.15, 0.2) is 36.4 Å². The lowest BCUT2D eigenvalue weighted by atomic mass is 10.00. The van der Waals surface area contributed by atoms with Crippen LogP contribution >= 0.6 is 0 Å². The maximum absolute atomic E-state index is 13.5. The van der Waals surface area contributed by atoms with E-state index >= 15 is 0 Å². The van der Waals surface area contributed by atoms with Crippen LogP contribution in [-0.4, -0.2) is 25.7 Å². The normalized spacial score (nSPS) is 17.6. The number of aryl methyl sites for hydroxylation is 2. The zero-order chi connectivity index (χ0) is 21.3. The Morgan fingerprint density at radius 3 is 2.47 bits per heavy atom. The fraction of sp³-hybridized carbons (Fsp3) is 0.480. The molecule has 0 atom stereocenters. The molecule has 5 heteroatoms. The summed E-state index contributed by atoms with van der Waals surface area (Å²) in [6, 6.07) is 12.1. The van der Waals surface area contributed by atoms with Gasteiger partial charge in [-0.1, -0.05) is 37.6 Å². The molecule has 1 amide bonds. The van der Waals surface area contributed by atoms with Crippen LogP contribution in [0.5, 0.6) is 5.75 Å². The second-order valence-corrected chi connectivity index (χ2v) is 8.71. The fourth-order valence-electron chi connectivity index (χ4n) is 4.21. The lowest BCUT2D eigenvalue weighted by Crippen LogP contribution is -2.47. The first kappa shape index (κ1) is 20.9. The molecule has 0 aromatic heterocycles. The summed E-state index contributed by atoms with van der Waals surface area (Å²) in [4.78, 5) is 15.3. The number of hydrogen-bond acceptors (Lipinski definition) is 4. The molecule has 1 saturated heterocycles. The number of anilines is 1. The van der Waals surface area contributed by atoms with Crippen molar-refractivity contribution in [1.82, 2.24) is 0 Å². The number of rotatable bonds is 6. The molecule has 1 fully saturated rings. The highest BCUT2D eigenvalue weighted by Gasteiger charge is 2.55. The Morgan fingerprint density at radius 2 is 1.80 bits per heavy atom. The van der Waals surface area contributed by atoms with Crippen molar-refractivity contribution in [2.45, 2.75) is 52.9 Å². The van der Waals surface area contributed by atoms with Gasteiger partial charge in [-0.05, 0) is 61.9 Å². The molecule has 0 unspecified atom stereocenters. The third-order valence-corrected chi connectivity index (χ3v) is 5.72. The van der Waals surface area contributed by atoms with Crippen molar-refractivity contribution >= 4 is 11.6 Å². The molecule has 30 heavy (non-hydrogen) atoms.